The van der Waals surface area contributed by atoms with Gasteiger partial charge in [0.15, 0.2) is 5.13 Å². The molecular formula is C9H16N4OS. The summed E-state index contributed by atoms with van der Waals surface area (Å²) in [6.07, 6.45) is 1.76. The summed E-state index contributed by atoms with van der Waals surface area (Å²) in [6.45, 7) is 2.05. The first-order valence-corrected chi connectivity index (χ1v) is 5.59. The highest BCUT2D eigenvalue weighted by Crippen LogP contribution is 2.25. The maximum atomic E-state index is 11.5. The molecular weight excluding hydrogens is 212 g/mol. The van der Waals surface area contributed by atoms with Crippen LogP contribution in [-0.4, -0.2) is 25.0 Å². The van der Waals surface area contributed by atoms with Crippen molar-refractivity contribution in [3.8, 4) is 0 Å². The molecule has 1 heterocycles. The average molecular weight is 228 g/mol. The molecule has 0 bridgehead atoms. The van der Waals surface area contributed by atoms with Crippen molar-refractivity contribution in [1.29, 1.82) is 0 Å². The lowest BCUT2D eigenvalue weighted by atomic mass is 10.2. The van der Waals surface area contributed by atoms with Gasteiger partial charge in [0.1, 0.15) is 4.88 Å². The van der Waals surface area contributed by atoms with Crippen molar-refractivity contribution in [2.24, 2.45) is 5.84 Å². The monoisotopic (exact) mass is 228 g/mol. The molecule has 0 unspecified atom stereocenters. The molecule has 84 valence electrons. The van der Waals surface area contributed by atoms with E-state index in [0.29, 0.717) is 4.88 Å². The molecule has 1 aromatic heterocycles. The number of aromatic nitrogens is 1. The fraction of sp³-hybridized carbons (Fsp3) is 0.556. The molecule has 1 aromatic rings. The number of hydrogen-bond acceptors (Lipinski definition) is 5. The highest BCUT2D eigenvalue weighted by atomic mass is 32.1. The Balaban J connectivity index is 3.05. The molecule has 15 heavy (non-hydrogen) atoms. The van der Waals surface area contributed by atoms with Crippen molar-refractivity contribution in [2.45, 2.75) is 19.8 Å². The summed E-state index contributed by atoms with van der Waals surface area (Å²) < 4.78 is 0. The molecule has 6 heteroatoms. The summed E-state index contributed by atoms with van der Waals surface area (Å²) in [6, 6.07) is 0. The second-order valence-electron chi connectivity index (χ2n) is 3.39. The number of nitrogens with zero attached hydrogens (tertiary/aromatic N) is 2. The van der Waals surface area contributed by atoms with E-state index in [1.54, 1.807) is 0 Å². The summed E-state index contributed by atoms with van der Waals surface area (Å²) in [5.74, 6) is 4.86. The van der Waals surface area contributed by atoms with Gasteiger partial charge in [-0.25, -0.2) is 10.8 Å². The number of nitrogens with one attached hydrogen (secondary N) is 1. The van der Waals surface area contributed by atoms with Crippen LogP contribution in [0.15, 0.2) is 0 Å². The molecule has 0 aliphatic heterocycles. The molecule has 0 aliphatic rings. The predicted octanol–water partition coefficient (Wildman–Crippen LogP) is 0.765. The summed E-state index contributed by atoms with van der Waals surface area (Å²) in [7, 11) is 3.80. The standard InChI is InChI=1S/C9H16N4OS/c1-4-5-6-7(8(14)12-10)15-9(11-6)13(2)3/h4-5,10H2,1-3H3,(H,12,14). The van der Waals surface area contributed by atoms with Crippen LogP contribution in [0.2, 0.25) is 0 Å². The number of thiazole rings is 1. The second-order valence-corrected chi connectivity index (χ2v) is 4.37. The normalized spacial score (nSPS) is 10.1. The Kier molecular flexibility index (Phi) is 4.05. The quantitative estimate of drug-likeness (QED) is 0.453. The van der Waals surface area contributed by atoms with Crippen LogP contribution < -0.4 is 16.2 Å². The van der Waals surface area contributed by atoms with Gasteiger partial charge in [-0.2, -0.15) is 0 Å². The lowest BCUT2D eigenvalue weighted by Crippen LogP contribution is -2.30. The number of aryl methyl sites for hydroxylation is 1. The maximum absolute atomic E-state index is 11.5. The third-order valence-electron chi connectivity index (χ3n) is 1.89. The van der Waals surface area contributed by atoms with Crippen LogP contribution in [0.5, 0.6) is 0 Å². The van der Waals surface area contributed by atoms with Crippen molar-refractivity contribution in [3.63, 3.8) is 0 Å². The Bertz CT molecular complexity index is 348. The molecule has 0 spiro atoms. The molecule has 0 saturated carbocycles. The van der Waals surface area contributed by atoms with Gasteiger partial charge >= 0.3 is 0 Å². The first-order valence-electron chi connectivity index (χ1n) is 4.78. The number of nitrogen functional groups attached to an aromatic ring is 1. The molecule has 0 aliphatic carbocycles. The second kappa shape index (κ2) is 5.09. The number of hydrazine groups is 1. The van der Waals surface area contributed by atoms with E-state index in [9.17, 15) is 4.79 Å². The molecule has 1 rings (SSSR count). The van der Waals surface area contributed by atoms with Crippen LogP contribution in [0, 0.1) is 0 Å². The highest BCUT2D eigenvalue weighted by Gasteiger charge is 2.17. The van der Waals surface area contributed by atoms with E-state index in [1.165, 1.54) is 11.3 Å². The van der Waals surface area contributed by atoms with Crippen molar-refractivity contribution in [2.75, 3.05) is 19.0 Å². The van der Waals surface area contributed by atoms with Gasteiger partial charge in [0.2, 0.25) is 0 Å². The number of carbonyl (C=O) groups is 1. The molecule has 0 radical (unpaired) electrons. The van der Waals surface area contributed by atoms with Crippen molar-refractivity contribution in [1.82, 2.24) is 10.4 Å². The fourth-order valence-electron chi connectivity index (χ4n) is 1.18. The smallest absolute Gasteiger partial charge is 0.277 e. The summed E-state index contributed by atoms with van der Waals surface area (Å²) >= 11 is 1.36. The minimum Gasteiger partial charge on any atom is -0.354 e. The Hall–Kier alpha value is -1.14. The van der Waals surface area contributed by atoms with Gasteiger partial charge < -0.3 is 4.90 Å². The van der Waals surface area contributed by atoms with Gasteiger partial charge in [0, 0.05) is 14.1 Å². The Morgan fingerprint density at radius 3 is 2.73 bits per heavy atom. The van der Waals surface area contributed by atoms with E-state index in [2.05, 4.69) is 17.3 Å². The third kappa shape index (κ3) is 2.66. The fourth-order valence-corrected chi connectivity index (χ4v) is 2.12. The topological polar surface area (TPSA) is 71.2 Å². The lowest BCUT2D eigenvalue weighted by Gasteiger charge is -2.05. The summed E-state index contributed by atoms with van der Waals surface area (Å²) in [5, 5.41) is 0.831. The highest BCUT2D eigenvalue weighted by molar-refractivity contribution is 7.17. The Morgan fingerprint density at radius 2 is 2.27 bits per heavy atom. The number of amides is 1. The first kappa shape index (κ1) is 11.9. The number of hydrogen-bond donors (Lipinski definition) is 2. The maximum Gasteiger partial charge on any atom is 0.277 e. The minimum atomic E-state index is -0.260. The van der Waals surface area contributed by atoms with Crippen LogP contribution >= 0.6 is 11.3 Å². The van der Waals surface area contributed by atoms with Crippen LogP contribution in [0.1, 0.15) is 28.7 Å². The van der Waals surface area contributed by atoms with Gasteiger partial charge in [-0.3, -0.25) is 10.2 Å². The molecule has 3 N–H and O–H groups in total. The van der Waals surface area contributed by atoms with Crippen LogP contribution in [0.25, 0.3) is 0 Å². The van der Waals surface area contributed by atoms with E-state index >= 15 is 0 Å². The zero-order chi connectivity index (χ0) is 11.4. The van der Waals surface area contributed by atoms with Gasteiger partial charge in [-0.15, -0.1) is 0 Å². The minimum absolute atomic E-state index is 0.260. The van der Waals surface area contributed by atoms with E-state index in [4.69, 9.17) is 5.84 Å². The predicted molar refractivity (Wildman–Crippen MR) is 62.1 cm³/mol. The first-order chi connectivity index (χ1) is 7.10. The molecule has 0 saturated heterocycles. The number of rotatable bonds is 4. The zero-order valence-electron chi connectivity index (χ0n) is 9.20. The molecule has 0 aromatic carbocycles. The van der Waals surface area contributed by atoms with E-state index in [1.807, 2.05) is 19.0 Å². The van der Waals surface area contributed by atoms with Gasteiger partial charge in [-0.05, 0) is 6.42 Å². The van der Waals surface area contributed by atoms with Crippen molar-refractivity contribution >= 4 is 22.4 Å². The molecule has 1 amide bonds. The number of carbonyl (C=O) groups excluding carboxylic acids is 1. The molecule has 0 atom stereocenters. The number of anilines is 1. The summed E-state index contributed by atoms with van der Waals surface area (Å²) in [5.41, 5.74) is 2.97. The van der Waals surface area contributed by atoms with Crippen LogP contribution in [0.4, 0.5) is 5.13 Å². The van der Waals surface area contributed by atoms with Crippen molar-refractivity contribution < 1.29 is 4.79 Å². The van der Waals surface area contributed by atoms with E-state index in [0.717, 1.165) is 23.7 Å². The van der Waals surface area contributed by atoms with Gasteiger partial charge in [0.05, 0.1) is 5.69 Å². The molecule has 5 nitrogen and oxygen atoms in total. The van der Waals surface area contributed by atoms with Gasteiger partial charge in [-0.1, -0.05) is 24.7 Å². The zero-order valence-corrected chi connectivity index (χ0v) is 10.0. The Morgan fingerprint density at radius 1 is 1.60 bits per heavy atom. The Labute approximate surface area is 93.3 Å². The van der Waals surface area contributed by atoms with Crippen molar-refractivity contribution in [3.05, 3.63) is 10.6 Å². The average Bonchev–Trinajstić information content (AvgIpc) is 2.61. The molecule has 0 fully saturated rings. The number of nitrogens with two attached hydrogens (primary N) is 1. The van der Waals surface area contributed by atoms with Crippen LogP contribution in [0.3, 0.4) is 0 Å². The van der Waals surface area contributed by atoms with Crippen LogP contribution in [-0.2, 0) is 6.42 Å². The lowest BCUT2D eigenvalue weighted by molar-refractivity contribution is 0.0956. The largest absolute Gasteiger partial charge is 0.354 e. The summed E-state index contributed by atoms with van der Waals surface area (Å²) in [4.78, 5) is 18.4. The van der Waals surface area contributed by atoms with Gasteiger partial charge in [0.25, 0.3) is 5.91 Å². The van der Waals surface area contributed by atoms with E-state index < -0.39 is 0 Å². The van der Waals surface area contributed by atoms with E-state index in [-0.39, 0.29) is 5.91 Å². The SMILES string of the molecule is CCCc1nc(N(C)C)sc1C(=O)NN. The third-order valence-corrected chi connectivity index (χ3v) is 3.16.